The summed E-state index contributed by atoms with van der Waals surface area (Å²) >= 11 is 3.11. The molecule has 2 N–H and O–H groups in total. The van der Waals surface area contributed by atoms with E-state index < -0.39 is 16.5 Å². The Morgan fingerprint density at radius 1 is 1.14 bits per heavy atom. The van der Waals surface area contributed by atoms with E-state index in [9.17, 15) is 14.0 Å². The molecule has 0 spiro atoms. The second-order valence-electron chi connectivity index (χ2n) is 5.57. The van der Waals surface area contributed by atoms with Crippen molar-refractivity contribution in [3.63, 3.8) is 0 Å². The van der Waals surface area contributed by atoms with E-state index in [0.29, 0.717) is 38.5 Å². The molecule has 0 saturated heterocycles. The van der Waals surface area contributed by atoms with Gasteiger partial charge in [0.25, 0.3) is 0 Å². The van der Waals surface area contributed by atoms with Crippen molar-refractivity contribution < 1.29 is 24.2 Å². The summed E-state index contributed by atoms with van der Waals surface area (Å²) in [5.41, 5.74) is 0.961. The van der Waals surface area contributed by atoms with Gasteiger partial charge in [0.1, 0.15) is 0 Å². The summed E-state index contributed by atoms with van der Waals surface area (Å²) in [6, 6.07) is 0. The highest BCUT2D eigenvalue weighted by Crippen LogP contribution is 2.43. The van der Waals surface area contributed by atoms with Crippen LogP contribution in [0.15, 0.2) is 23.8 Å². The Bertz CT molecular complexity index is 457. The van der Waals surface area contributed by atoms with Gasteiger partial charge in [0, 0.05) is 18.8 Å². The van der Waals surface area contributed by atoms with Crippen LogP contribution < -0.4 is 0 Å². The zero-order valence-electron chi connectivity index (χ0n) is 12.4. The van der Waals surface area contributed by atoms with Crippen LogP contribution in [0.1, 0.15) is 51.4 Å². The topological polar surface area (TPSA) is 74.6 Å². The molecule has 0 aromatic heterocycles. The van der Waals surface area contributed by atoms with Crippen LogP contribution in [-0.4, -0.2) is 26.7 Å². The SMILES string of the molecule is O=C(O)CCCCC1=CC=CC(F)(Br)C1CCCCC(=O)O. The summed E-state index contributed by atoms with van der Waals surface area (Å²) in [6.45, 7) is 0. The molecule has 4 nitrogen and oxygen atoms in total. The summed E-state index contributed by atoms with van der Waals surface area (Å²) in [7, 11) is 0. The minimum Gasteiger partial charge on any atom is -0.481 e. The Morgan fingerprint density at radius 2 is 1.73 bits per heavy atom. The summed E-state index contributed by atoms with van der Waals surface area (Å²) in [6.07, 6.45) is 8.96. The standard InChI is InChI=1S/C16H22BrFO4/c17-16(18)11-5-7-12(6-1-3-9-14(19)20)13(16)8-2-4-10-15(21)22/h5,7,11,13H,1-4,6,8-10H2,(H,19,20)(H,21,22). The Hall–Kier alpha value is -1.17. The van der Waals surface area contributed by atoms with Gasteiger partial charge in [-0.2, -0.15) is 0 Å². The first-order valence-electron chi connectivity index (χ1n) is 7.52. The van der Waals surface area contributed by atoms with Crippen LogP contribution >= 0.6 is 15.9 Å². The quantitative estimate of drug-likeness (QED) is 0.436. The first kappa shape index (κ1) is 18.9. The van der Waals surface area contributed by atoms with Crippen molar-refractivity contribution in [2.75, 3.05) is 0 Å². The van der Waals surface area contributed by atoms with Crippen molar-refractivity contribution in [1.29, 1.82) is 0 Å². The van der Waals surface area contributed by atoms with Gasteiger partial charge in [0.2, 0.25) is 0 Å². The molecule has 0 aromatic rings. The number of aliphatic carboxylic acids is 2. The second kappa shape index (κ2) is 9.08. The number of allylic oxidation sites excluding steroid dienone is 4. The molecular formula is C16H22BrFO4. The van der Waals surface area contributed by atoms with Crippen molar-refractivity contribution in [3.8, 4) is 0 Å². The maximum atomic E-state index is 14.6. The third kappa shape index (κ3) is 6.73. The van der Waals surface area contributed by atoms with Crippen molar-refractivity contribution in [1.82, 2.24) is 0 Å². The third-order valence-electron chi connectivity index (χ3n) is 3.78. The van der Waals surface area contributed by atoms with Gasteiger partial charge in [-0.15, -0.1) is 0 Å². The molecule has 22 heavy (non-hydrogen) atoms. The lowest BCUT2D eigenvalue weighted by Gasteiger charge is -2.31. The van der Waals surface area contributed by atoms with E-state index >= 15 is 0 Å². The summed E-state index contributed by atoms with van der Waals surface area (Å²) in [5, 5.41) is 17.3. The summed E-state index contributed by atoms with van der Waals surface area (Å²) < 4.78 is 13.0. The minimum absolute atomic E-state index is 0.0990. The molecule has 0 bridgehead atoms. The average Bonchev–Trinajstić information content (AvgIpc) is 2.40. The number of hydrogen-bond donors (Lipinski definition) is 2. The lowest BCUT2D eigenvalue weighted by molar-refractivity contribution is -0.138. The predicted molar refractivity (Wildman–Crippen MR) is 85.7 cm³/mol. The largest absolute Gasteiger partial charge is 0.481 e. The minimum atomic E-state index is -1.60. The van der Waals surface area contributed by atoms with Crippen LogP contribution in [0.5, 0.6) is 0 Å². The van der Waals surface area contributed by atoms with E-state index in [2.05, 4.69) is 15.9 Å². The molecule has 124 valence electrons. The highest BCUT2D eigenvalue weighted by Gasteiger charge is 2.37. The number of rotatable bonds is 10. The van der Waals surface area contributed by atoms with E-state index in [0.717, 1.165) is 5.57 Å². The molecule has 0 amide bonds. The van der Waals surface area contributed by atoms with Crippen LogP contribution in [0.3, 0.4) is 0 Å². The predicted octanol–water partition coefficient (Wildman–Crippen LogP) is 4.45. The Kier molecular flexibility index (Phi) is 7.79. The van der Waals surface area contributed by atoms with Gasteiger partial charge in [-0.3, -0.25) is 9.59 Å². The molecule has 2 unspecified atom stereocenters. The van der Waals surface area contributed by atoms with Crippen molar-refractivity contribution in [2.45, 2.75) is 55.9 Å². The van der Waals surface area contributed by atoms with Gasteiger partial charge in [-0.25, -0.2) is 4.39 Å². The maximum Gasteiger partial charge on any atom is 0.303 e. The van der Waals surface area contributed by atoms with Crippen molar-refractivity contribution in [3.05, 3.63) is 23.8 Å². The average molecular weight is 377 g/mol. The first-order chi connectivity index (χ1) is 10.3. The number of carboxylic acid groups (broad SMARTS) is 2. The first-order valence-corrected chi connectivity index (χ1v) is 8.32. The van der Waals surface area contributed by atoms with E-state index in [4.69, 9.17) is 10.2 Å². The van der Waals surface area contributed by atoms with Gasteiger partial charge in [-0.1, -0.05) is 24.1 Å². The molecule has 0 heterocycles. The molecule has 0 radical (unpaired) electrons. The molecular weight excluding hydrogens is 355 g/mol. The maximum absolute atomic E-state index is 14.6. The highest BCUT2D eigenvalue weighted by molar-refractivity contribution is 9.10. The lowest BCUT2D eigenvalue weighted by atomic mass is 9.83. The Balaban J connectivity index is 2.51. The number of halogens is 2. The summed E-state index contributed by atoms with van der Waals surface area (Å²) in [4.78, 5) is 21.0. The van der Waals surface area contributed by atoms with E-state index in [1.165, 1.54) is 6.08 Å². The van der Waals surface area contributed by atoms with Gasteiger partial charge < -0.3 is 10.2 Å². The molecule has 1 rings (SSSR count). The van der Waals surface area contributed by atoms with Gasteiger partial charge in [-0.05, 0) is 54.1 Å². The molecule has 0 fully saturated rings. The normalized spacial score (nSPS) is 24.1. The number of carboxylic acids is 2. The van der Waals surface area contributed by atoms with Gasteiger partial charge in [0.15, 0.2) is 4.58 Å². The number of unbranched alkanes of at least 4 members (excludes halogenated alkanes) is 2. The van der Waals surface area contributed by atoms with Gasteiger partial charge >= 0.3 is 11.9 Å². The molecule has 6 heteroatoms. The van der Waals surface area contributed by atoms with Crippen LogP contribution in [0, 0.1) is 5.92 Å². The van der Waals surface area contributed by atoms with Crippen molar-refractivity contribution in [2.24, 2.45) is 5.92 Å². The molecule has 2 atom stereocenters. The summed E-state index contributed by atoms with van der Waals surface area (Å²) in [5.74, 6) is -1.97. The van der Waals surface area contributed by atoms with E-state index in [1.54, 1.807) is 6.08 Å². The molecule has 0 aliphatic heterocycles. The zero-order chi connectivity index (χ0) is 16.6. The fraction of sp³-hybridized carbons (Fsp3) is 0.625. The third-order valence-corrected chi connectivity index (χ3v) is 4.60. The molecule has 1 aliphatic rings. The number of carbonyl (C=O) groups is 2. The van der Waals surface area contributed by atoms with Crippen molar-refractivity contribution >= 4 is 27.9 Å². The van der Waals surface area contributed by atoms with Crippen LogP contribution in [-0.2, 0) is 9.59 Å². The van der Waals surface area contributed by atoms with Crippen LogP contribution in [0.25, 0.3) is 0 Å². The van der Waals surface area contributed by atoms with E-state index in [1.807, 2.05) is 6.08 Å². The molecule has 0 aromatic carbocycles. The number of hydrogen-bond acceptors (Lipinski definition) is 2. The molecule has 0 saturated carbocycles. The monoisotopic (exact) mass is 376 g/mol. The van der Waals surface area contributed by atoms with Crippen LogP contribution in [0.2, 0.25) is 0 Å². The fourth-order valence-electron chi connectivity index (χ4n) is 2.64. The Morgan fingerprint density at radius 3 is 2.32 bits per heavy atom. The van der Waals surface area contributed by atoms with E-state index in [-0.39, 0.29) is 18.8 Å². The fourth-order valence-corrected chi connectivity index (χ4v) is 3.32. The lowest BCUT2D eigenvalue weighted by Crippen LogP contribution is -2.28. The zero-order valence-corrected chi connectivity index (χ0v) is 14.0. The molecule has 1 aliphatic carbocycles. The van der Waals surface area contributed by atoms with Crippen LogP contribution in [0.4, 0.5) is 4.39 Å². The van der Waals surface area contributed by atoms with Gasteiger partial charge in [0.05, 0.1) is 0 Å². The number of alkyl halides is 2. The smallest absolute Gasteiger partial charge is 0.303 e. The highest BCUT2D eigenvalue weighted by atomic mass is 79.9. The second-order valence-corrected chi connectivity index (χ2v) is 6.78. The Labute approximate surface area is 138 Å².